The first-order valence-corrected chi connectivity index (χ1v) is 7.22. The third-order valence-electron chi connectivity index (χ3n) is 2.90. The van der Waals surface area contributed by atoms with Crippen LogP contribution in [0.2, 0.25) is 5.15 Å². The van der Waals surface area contributed by atoms with E-state index < -0.39 is 17.5 Å². The molecule has 9 heteroatoms. The van der Waals surface area contributed by atoms with Gasteiger partial charge in [-0.25, -0.2) is 18.7 Å². The maximum Gasteiger partial charge on any atom is 0.278 e. The summed E-state index contributed by atoms with van der Waals surface area (Å²) in [5.41, 5.74) is 0.0719. The van der Waals surface area contributed by atoms with E-state index in [-0.39, 0.29) is 41.9 Å². The molecule has 0 atom stereocenters. The van der Waals surface area contributed by atoms with Crippen molar-refractivity contribution in [2.75, 3.05) is 13.2 Å². The molecule has 0 radical (unpaired) electrons. The van der Waals surface area contributed by atoms with E-state index in [1.807, 2.05) is 0 Å². The highest BCUT2D eigenvalue weighted by molar-refractivity contribution is 6.32. The van der Waals surface area contributed by atoms with Gasteiger partial charge in [0.2, 0.25) is 0 Å². The van der Waals surface area contributed by atoms with Gasteiger partial charge in [0.1, 0.15) is 24.1 Å². The van der Waals surface area contributed by atoms with Crippen LogP contribution in [0.5, 0.6) is 0 Å². The predicted octanol–water partition coefficient (Wildman–Crippen LogP) is 2.37. The quantitative estimate of drug-likeness (QED) is 0.473. The minimum absolute atomic E-state index is 0.0600. The first-order chi connectivity index (χ1) is 11.5. The number of amidine groups is 1. The molecular weight excluding hydrogens is 342 g/mol. The summed E-state index contributed by atoms with van der Waals surface area (Å²) in [5, 5.41) is 9.79. The predicted molar refractivity (Wildman–Crippen MR) is 83.1 cm³/mol. The molecule has 0 saturated heterocycles. The number of hydrogen-bond acceptors (Lipinski definition) is 5. The van der Waals surface area contributed by atoms with Crippen molar-refractivity contribution in [1.82, 2.24) is 15.3 Å². The van der Waals surface area contributed by atoms with Crippen LogP contribution in [0, 0.1) is 17.0 Å². The topological polar surface area (TPSA) is 88.0 Å². The van der Waals surface area contributed by atoms with Crippen LogP contribution in [0.15, 0.2) is 30.6 Å². The zero-order valence-electron chi connectivity index (χ0n) is 12.4. The summed E-state index contributed by atoms with van der Waals surface area (Å²) in [6.07, 6.45) is 2.77. The lowest BCUT2D eigenvalue weighted by molar-refractivity contribution is 0.0965. The van der Waals surface area contributed by atoms with Gasteiger partial charge in [0, 0.05) is 12.4 Å². The summed E-state index contributed by atoms with van der Waals surface area (Å²) in [4.78, 5) is 19.3. The van der Waals surface area contributed by atoms with Crippen molar-refractivity contribution in [3.8, 4) is 0 Å². The number of carbonyl (C=O) groups excluding carboxylic acids is 1. The van der Waals surface area contributed by atoms with Gasteiger partial charge in [0.15, 0.2) is 10.8 Å². The second kappa shape index (κ2) is 8.42. The molecule has 0 aliphatic heterocycles. The van der Waals surface area contributed by atoms with Crippen LogP contribution in [0.4, 0.5) is 8.78 Å². The zero-order chi connectivity index (χ0) is 17.5. The molecule has 0 fully saturated rings. The van der Waals surface area contributed by atoms with Crippen LogP contribution in [-0.2, 0) is 11.2 Å². The molecule has 0 saturated carbocycles. The Labute approximate surface area is 141 Å². The standard InChI is InChI=1S/C15H13ClF2N4O2/c16-14-13(20-4-5-21-14)15(23)22-12(19)8-24-6-3-9-7-10(17)1-2-11(9)18/h1-2,4-5,7H,3,6,8H2,(H2,19,22,23). The second-order valence-corrected chi connectivity index (χ2v) is 5.02. The molecule has 0 unspecified atom stereocenters. The molecule has 0 spiro atoms. The van der Waals surface area contributed by atoms with E-state index in [1.165, 1.54) is 12.4 Å². The number of carbonyl (C=O) groups is 1. The van der Waals surface area contributed by atoms with E-state index in [2.05, 4.69) is 15.3 Å². The van der Waals surface area contributed by atoms with Crippen molar-refractivity contribution >= 4 is 23.3 Å². The summed E-state index contributed by atoms with van der Waals surface area (Å²) >= 11 is 5.72. The van der Waals surface area contributed by atoms with Crippen molar-refractivity contribution in [2.45, 2.75) is 6.42 Å². The van der Waals surface area contributed by atoms with E-state index in [4.69, 9.17) is 21.7 Å². The highest BCUT2D eigenvalue weighted by atomic mass is 35.5. The Morgan fingerprint density at radius 1 is 1.29 bits per heavy atom. The Bertz CT molecular complexity index is 758. The highest BCUT2D eigenvalue weighted by Crippen LogP contribution is 2.10. The van der Waals surface area contributed by atoms with E-state index in [0.717, 1.165) is 18.2 Å². The number of nitrogens with one attached hydrogen (secondary N) is 2. The van der Waals surface area contributed by atoms with E-state index in [0.29, 0.717) is 0 Å². The lowest BCUT2D eigenvalue weighted by Crippen LogP contribution is -2.34. The molecule has 1 aromatic heterocycles. The molecule has 1 heterocycles. The number of hydrogen-bond donors (Lipinski definition) is 2. The maximum absolute atomic E-state index is 13.4. The summed E-state index contributed by atoms with van der Waals surface area (Å²) in [6, 6.07) is 3.15. The molecule has 2 N–H and O–H groups in total. The van der Waals surface area contributed by atoms with Crippen LogP contribution in [-0.4, -0.2) is 34.9 Å². The fraction of sp³-hybridized carbons (Fsp3) is 0.200. The Morgan fingerprint density at radius 2 is 2.04 bits per heavy atom. The van der Waals surface area contributed by atoms with Crippen LogP contribution < -0.4 is 5.32 Å². The molecule has 24 heavy (non-hydrogen) atoms. The Morgan fingerprint density at radius 3 is 2.79 bits per heavy atom. The van der Waals surface area contributed by atoms with Gasteiger partial charge >= 0.3 is 0 Å². The fourth-order valence-corrected chi connectivity index (χ4v) is 1.99. The first kappa shape index (κ1) is 17.9. The summed E-state index contributed by atoms with van der Waals surface area (Å²) < 4.78 is 31.6. The van der Waals surface area contributed by atoms with Crippen molar-refractivity contribution in [3.05, 3.63) is 58.6 Å². The average molecular weight is 355 g/mol. The van der Waals surface area contributed by atoms with Crippen LogP contribution >= 0.6 is 11.6 Å². The van der Waals surface area contributed by atoms with E-state index in [1.54, 1.807) is 0 Å². The van der Waals surface area contributed by atoms with Gasteiger partial charge in [-0.3, -0.25) is 10.2 Å². The van der Waals surface area contributed by atoms with Gasteiger partial charge in [-0.1, -0.05) is 11.6 Å². The second-order valence-electron chi connectivity index (χ2n) is 4.67. The largest absolute Gasteiger partial charge is 0.373 e. The minimum atomic E-state index is -0.683. The normalized spacial score (nSPS) is 10.5. The smallest absolute Gasteiger partial charge is 0.278 e. The molecule has 1 aromatic carbocycles. The third kappa shape index (κ3) is 5.04. The van der Waals surface area contributed by atoms with Gasteiger partial charge in [0.25, 0.3) is 5.91 Å². The number of rotatable bonds is 6. The average Bonchev–Trinajstić information content (AvgIpc) is 2.55. The highest BCUT2D eigenvalue weighted by Gasteiger charge is 2.14. The molecule has 0 bridgehead atoms. The van der Waals surface area contributed by atoms with Crippen LogP contribution in [0.1, 0.15) is 16.1 Å². The molecular formula is C15H13ClF2N4O2. The SMILES string of the molecule is N=C(COCCc1cc(F)ccc1F)NC(=O)c1nccnc1Cl. The van der Waals surface area contributed by atoms with Crippen molar-refractivity contribution in [2.24, 2.45) is 0 Å². The first-order valence-electron chi connectivity index (χ1n) is 6.84. The van der Waals surface area contributed by atoms with E-state index >= 15 is 0 Å². The summed E-state index contributed by atoms with van der Waals surface area (Å²) in [6.45, 7) is -0.148. The molecule has 6 nitrogen and oxygen atoms in total. The number of amides is 1. The molecule has 2 aromatic rings. The minimum Gasteiger partial charge on any atom is -0.373 e. The molecule has 2 rings (SSSR count). The zero-order valence-corrected chi connectivity index (χ0v) is 13.1. The monoisotopic (exact) mass is 354 g/mol. The Balaban J connectivity index is 1.76. The lowest BCUT2D eigenvalue weighted by Gasteiger charge is -2.08. The summed E-state index contributed by atoms with van der Waals surface area (Å²) in [5.74, 6) is -1.97. The Hall–Kier alpha value is -2.45. The molecule has 1 amide bonds. The molecule has 0 aliphatic carbocycles. The van der Waals surface area contributed by atoms with Crippen LogP contribution in [0.3, 0.4) is 0 Å². The number of ether oxygens (including phenoxy) is 1. The maximum atomic E-state index is 13.4. The van der Waals surface area contributed by atoms with Crippen LogP contribution in [0.25, 0.3) is 0 Å². The van der Waals surface area contributed by atoms with E-state index in [9.17, 15) is 13.6 Å². The summed E-state index contributed by atoms with van der Waals surface area (Å²) in [7, 11) is 0. The van der Waals surface area contributed by atoms with Gasteiger partial charge in [0.05, 0.1) is 6.61 Å². The number of halogens is 3. The Kier molecular flexibility index (Phi) is 6.28. The van der Waals surface area contributed by atoms with Gasteiger partial charge in [-0.15, -0.1) is 0 Å². The molecule has 126 valence electrons. The van der Waals surface area contributed by atoms with Crippen molar-refractivity contribution in [1.29, 1.82) is 5.41 Å². The number of nitrogens with zero attached hydrogens (tertiary/aromatic N) is 2. The van der Waals surface area contributed by atoms with Gasteiger partial charge < -0.3 is 10.1 Å². The van der Waals surface area contributed by atoms with Crippen molar-refractivity contribution in [3.63, 3.8) is 0 Å². The van der Waals surface area contributed by atoms with Crippen molar-refractivity contribution < 1.29 is 18.3 Å². The number of benzene rings is 1. The van der Waals surface area contributed by atoms with Gasteiger partial charge in [-0.2, -0.15) is 0 Å². The number of aromatic nitrogens is 2. The lowest BCUT2D eigenvalue weighted by atomic mass is 10.1. The molecule has 0 aliphatic rings. The third-order valence-corrected chi connectivity index (χ3v) is 3.18. The van der Waals surface area contributed by atoms with Gasteiger partial charge in [-0.05, 0) is 30.2 Å². The fourth-order valence-electron chi connectivity index (χ4n) is 1.80.